The maximum Gasteiger partial charge on any atom is 0.309 e. The van der Waals surface area contributed by atoms with Crippen molar-refractivity contribution in [2.24, 2.45) is 17.8 Å². The van der Waals surface area contributed by atoms with Crippen molar-refractivity contribution < 1.29 is 17.9 Å². The normalized spacial score (nSPS) is 26.2. The van der Waals surface area contributed by atoms with E-state index in [2.05, 4.69) is 6.92 Å². The van der Waals surface area contributed by atoms with Gasteiger partial charge in [0.1, 0.15) is 0 Å². The van der Waals surface area contributed by atoms with Crippen molar-refractivity contribution >= 4 is 16.0 Å². The Morgan fingerprint density at radius 3 is 2.24 bits per heavy atom. The highest BCUT2D eigenvalue weighted by Gasteiger charge is 2.40. The third-order valence-electron chi connectivity index (χ3n) is 4.45. The van der Waals surface area contributed by atoms with Crippen LogP contribution in [0.3, 0.4) is 0 Å². The van der Waals surface area contributed by atoms with E-state index in [9.17, 15) is 13.2 Å². The smallest absolute Gasteiger partial charge is 0.309 e. The summed E-state index contributed by atoms with van der Waals surface area (Å²) in [5.74, 6) is 0.177. The molecule has 0 spiro atoms. The van der Waals surface area contributed by atoms with Gasteiger partial charge in [-0.15, -0.1) is 0 Å². The molecule has 124 valence electrons. The summed E-state index contributed by atoms with van der Waals surface area (Å²) in [5, 5.41) is 0. The summed E-state index contributed by atoms with van der Waals surface area (Å²) >= 11 is 0. The first-order chi connectivity index (χ1) is 9.89. The summed E-state index contributed by atoms with van der Waals surface area (Å²) in [5.41, 5.74) is 0. The molecule has 0 heterocycles. The largest absolute Gasteiger partial charge is 0.466 e. The lowest BCUT2D eigenvalue weighted by Crippen LogP contribution is -2.34. The number of esters is 1. The molecule has 21 heavy (non-hydrogen) atoms. The summed E-state index contributed by atoms with van der Waals surface area (Å²) in [6.45, 7) is 8.95. The third kappa shape index (κ3) is 4.68. The molecule has 1 rings (SSSR count). The van der Waals surface area contributed by atoms with Crippen molar-refractivity contribution in [3.05, 3.63) is 0 Å². The van der Waals surface area contributed by atoms with Gasteiger partial charge in [-0.3, -0.25) is 4.79 Å². The predicted molar refractivity (Wildman–Crippen MR) is 83.3 cm³/mol. The molecule has 3 atom stereocenters. The van der Waals surface area contributed by atoms with Crippen LogP contribution in [0.25, 0.3) is 0 Å². The quantitative estimate of drug-likeness (QED) is 0.644. The van der Waals surface area contributed by atoms with Gasteiger partial charge in [-0.1, -0.05) is 27.2 Å². The van der Waals surface area contributed by atoms with E-state index in [0.717, 1.165) is 12.8 Å². The van der Waals surface area contributed by atoms with Gasteiger partial charge >= 0.3 is 5.97 Å². The second-order valence-electron chi connectivity index (χ2n) is 5.73. The standard InChI is InChI=1S/C15H29NO4S/c1-5-13-9-12(10-14(13)15(17)20-8-4)11-21(18,19)16(6-2)7-3/h12-14H,5-11H2,1-4H3. The zero-order valence-corrected chi connectivity index (χ0v) is 14.5. The Kier molecular flexibility index (Phi) is 7.13. The minimum absolute atomic E-state index is 0.0648. The molecule has 0 bridgehead atoms. The fourth-order valence-electron chi connectivity index (χ4n) is 3.39. The van der Waals surface area contributed by atoms with Gasteiger partial charge in [0.05, 0.1) is 18.3 Å². The summed E-state index contributed by atoms with van der Waals surface area (Å²) < 4.78 is 31.3. The third-order valence-corrected chi connectivity index (χ3v) is 6.65. The molecule has 1 aliphatic carbocycles. The average molecular weight is 319 g/mol. The van der Waals surface area contributed by atoms with Crippen LogP contribution in [-0.2, 0) is 19.6 Å². The molecule has 0 aromatic carbocycles. The van der Waals surface area contributed by atoms with Crippen LogP contribution in [0.5, 0.6) is 0 Å². The number of hydrogen-bond donors (Lipinski definition) is 0. The Balaban J connectivity index is 2.73. The minimum atomic E-state index is -3.22. The molecule has 0 radical (unpaired) electrons. The van der Waals surface area contributed by atoms with Gasteiger partial charge in [0.2, 0.25) is 10.0 Å². The monoisotopic (exact) mass is 319 g/mol. The molecule has 0 aromatic heterocycles. The highest BCUT2D eigenvalue weighted by atomic mass is 32.2. The van der Waals surface area contributed by atoms with E-state index in [-0.39, 0.29) is 29.5 Å². The zero-order chi connectivity index (χ0) is 16.0. The molecule has 0 saturated heterocycles. The van der Waals surface area contributed by atoms with Gasteiger partial charge in [-0.2, -0.15) is 0 Å². The highest BCUT2D eigenvalue weighted by Crippen LogP contribution is 2.40. The summed E-state index contributed by atoms with van der Waals surface area (Å²) in [6.07, 6.45) is 2.34. The fourth-order valence-corrected chi connectivity index (χ4v) is 5.25. The van der Waals surface area contributed by atoms with Crippen molar-refractivity contribution in [1.29, 1.82) is 0 Å². The van der Waals surface area contributed by atoms with E-state index < -0.39 is 10.0 Å². The average Bonchev–Trinajstić information content (AvgIpc) is 2.82. The Bertz CT molecular complexity index is 431. The second-order valence-corrected chi connectivity index (χ2v) is 7.74. The van der Waals surface area contributed by atoms with Crippen molar-refractivity contribution in [3.63, 3.8) is 0 Å². The number of carbonyl (C=O) groups excluding carboxylic acids is 1. The first-order valence-corrected chi connectivity index (χ1v) is 9.64. The van der Waals surface area contributed by atoms with Crippen LogP contribution in [0, 0.1) is 17.8 Å². The number of nitrogens with zero attached hydrogens (tertiary/aromatic N) is 1. The first-order valence-electron chi connectivity index (χ1n) is 8.03. The molecule has 0 amide bonds. The van der Waals surface area contributed by atoms with E-state index in [1.165, 1.54) is 4.31 Å². The van der Waals surface area contributed by atoms with Crippen LogP contribution < -0.4 is 0 Å². The van der Waals surface area contributed by atoms with Crippen LogP contribution >= 0.6 is 0 Å². The van der Waals surface area contributed by atoms with Crippen LogP contribution in [0.2, 0.25) is 0 Å². The number of carbonyl (C=O) groups is 1. The molecule has 1 fully saturated rings. The Morgan fingerprint density at radius 2 is 1.76 bits per heavy atom. The van der Waals surface area contributed by atoms with E-state index in [1.54, 1.807) is 6.92 Å². The van der Waals surface area contributed by atoms with Crippen molar-refractivity contribution in [3.8, 4) is 0 Å². The van der Waals surface area contributed by atoms with Gasteiger partial charge in [0.15, 0.2) is 0 Å². The molecule has 1 saturated carbocycles. The predicted octanol–water partition coefficient (Wildman–Crippen LogP) is 2.27. The zero-order valence-electron chi connectivity index (χ0n) is 13.7. The van der Waals surface area contributed by atoms with E-state index in [0.29, 0.717) is 26.1 Å². The summed E-state index contributed by atoms with van der Waals surface area (Å²) in [6, 6.07) is 0. The van der Waals surface area contributed by atoms with Gasteiger partial charge in [0.25, 0.3) is 0 Å². The van der Waals surface area contributed by atoms with Crippen molar-refractivity contribution in [2.45, 2.75) is 47.0 Å². The fraction of sp³-hybridized carbons (Fsp3) is 0.933. The Morgan fingerprint density at radius 1 is 1.14 bits per heavy atom. The Labute approximate surface area is 129 Å². The highest BCUT2D eigenvalue weighted by molar-refractivity contribution is 7.89. The molecule has 3 unspecified atom stereocenters. The molecule has 6 heteroatoms. The number of sulfonamides is 1. The molecule has 0 aromatic rings. The maximum atomic E-state index is 12.4. The number of ether oxygens (including phenoxy) is 1. The summed E-state index contributed by atoms with van der Waals surface area (Å²) in [7, 11) is -3.22. The topological polar surface area (TPSA) is 63.7 Å². The van der Waals surface area contributed by atoms with Crippen LogP contribution in [0.4, 0.5) is 0 Å². The lowest BCUT2D eigenvalue weighted by Gasteiger charge is -2.20. The number of rotatable bonds is 8. The van der Waals surface area contributed by atoms with Gasteiger partial charge in [0, 0.05) is 13.1 Å². The van der Waals surface area contributed by atoms with Crippen LogP contribution in [0.15, 0.2) is 0 Å². The number of hydrogen-bond acceptors (Lipinski definition) is 4. The summed E-state index contributed by atoms with van der Waals surface area (Å²) in [4.78, 5) is 12.0. The maximum absolute atomic E-state index is 12.4. The molecular formula is C15H29NO4S. The van der Waals surface area contributed by atoms with Crippen LogP contribution in [0.1, 0.15) is 47.0 Å². The Hall–Kier alpha value is -0.620. The van der Waals surface area contributed by atoms with Gasteiger partial charge in [-0.05, 0) is 31.6 Å². The molecule has 1 aliphatic rings. The van der Waals surface area contributed by atoms with E-state index >= 15 is 0 Å². The molecule has 5 nitrogen and oxygen atoms in total. The minimum Gasteiger partial charge on any atom is -0.466 e. The molecule has 0 N–H and O–H groups in total. The van der Waals surface area contributed by atoms with Gasteiger partial charge in [-0.25, -0.2) is 12.7 Å². The van der Waals surface area contributed by atoms with Gasteiger partial charge < -0.3 is 4.74 Å². The lowest BCUT2D eigenvalue weighted by atomic mass is 9.94. The van der Waals surface area contributed by atoms with Crippen LogP contribution in [-0.4, -0.2) is 44.1 Å². The molecular weight excluding hydrogens is 290 g/mol. The van der Waals surface area contributed by atoms with Crippen molar-refractivity contribution in [2.75, 3.05) is 25.4 Å². The molecule has 0 aliphatic heterocycles. The van der Waals surface area contributed by atoms with E-state index in [1.807, 2.05) is 13.8 Å². The lowest BCUT2D eigenvalue weighted by molar-refractivity contribution is -0.149. The van der Waals surface area contributed by atoms with Crippen molar-refractivity contribution in [1.82, 2.24) is 4.31 Å². The first kappa shape index (κ1) is 18.4. The second kappa shape index (κ2) is 8.13. The SMILES string of the molecule is CCOC(=O)C1CC(CS(=O)(=O)N(CC)CC)CC1CC. The van der Waals surface area contributed by atoms with E-state index in [4.69, 9.17) is 4.74 Å².